The molecule has 0 spiro atoms. The van der Waals surface area contributed by atoms with Gasteiger partial charge in [-0.15, -0.1) is 0 Å². The first-order valence-corrected chi connectivity index (χ1v) is 10.6. The van der Waals surface area contributed by atoms with Gasteiger partial charge in [-0.3, -0.25) is 0 Å². The molecule has 0 bridgehead atoms. The van der Waals surface area contributed by atoms with Crippen LogP contribution in [0.25, 0.3) is 55.7 Å². The Kier molecular flexibility index (Phi) is 2.64. The van der Waals surface area contributed by atoms with Crippen molar-refractivity contribution >= 4 is 22.1 Å². The van der Waals surface area contributed by atoms with Gasteiger partial charge in [0, 0.05) is 32.6 Å². The van der Waals surface area contributed by atoms with Crippen LogP contribution >= 0.6 is 0 Å². The van der Waals surface area contributed by atoms with Gasteiger partial charge in [-0.1, -0.05) is 66.5 Å². The van der Waals surface area contributed by atoms with Gasteiger partial charge in [0.1, 0.15) is 7.05 Å². The molecular formula is C31H25N2O+. The summed E-state index contributed by atoms with van der Waals surface area (Å²) in [5, 5.41) is 1.31. The highest BCUT2D eigenvalue weighted by Crippen LogP contribution is 2.37. The number of benzene rings is 3. The Morgan fingerprint density at radius 3 is 2.38 bits per heavy atom. The van der Waals surface area contributed by atoms with Crippen molar-refractivity contribution in [3.05, 3.63) is 108 Å². The smallest absolute Gasteiger partial charge is 0.227 e. The number of rotatable bonds is 3. The van der Waals surface area contributed by atoms with E-state index >= 15 is 0 Å². The zero-order chi connectivity index (χ0) is 33.6. The van der Waals surface area contributed by atoms with E-state index in [1.807, 2.05) is 19.1 Å². The predicted octanol–water partition coefficient (Wildman–Crippen LogP) is 7.42. The van der Waals surface area contributed by atoms with E-state index in [2.05, 4.69) is 4.98 Å². The van der Waals surface area contributed by atoms with Crippen LogP contribution in [0.1, 0.15) is 27.6 Å². The summed E-state index contributed by atoms with van der Waals surface area (Å²) in [6.45, 7) is -0.438. The molecule has 0 fully saturated rings. The number of hydrogen-bond donors (Lipinski definition) is 0. The normalized spacial score (nSPS) is 16.8. The Balaban J connectivity index is 1.57. The van der Waals surface area contributed by atoms with Crippen LogP contribution in [0.15, 0.2) is 101 Å². The molecule has 0 unspecified atom stereocenters. The van der Waals surface area contributed by atoms with Crippen molar-refractivity contribution in [1.29, 1.82) is 0 Å². The lowest BCUT2D eigenvalue weighted by Gasteiger charge is -2.06. The number of furan rings is 1. The zero-order valence-corrected chi connectivity index (χ0v) is 18.3. The molecule has 3 aromatic heterocycles. The lowest BCUT2D eigenvalue weighted by atomic mass is 10.00. The molecule has 0 aliphatic carbocycles. The second-order valence-electron chi connectivity index (χ2n) is 7.95. The van der Waals surface area contributed by atoms with Crippen LogP contribution in [0.5, 0.6) is 0 Å². The third-order valence-corrected chi connectivity index (χ3v) is 5.75. The molecule has 6 aromatic rings. The van der Waals surface area contributed by atoms with Crippen molar-refractivity contribution in [1.82, 2.24) is 4.98 Å². The molecule has 0 N–H and O–H groups in total. The summed E-state index contributed by atoms with van der Waals surface area (Å²) < 4.78 is 107. The molecule has 34 heavy (non-hydrogen) atoms. The fourth-order valence-electron chi connectivity index (χ4n) is 4.04. The first kappa shape index (κ1) is 11.3. The molecule has 3 heteroatoms. The number of hydrogen-bond acceptors (Lipinski definition) is 2. The molecule has 164 valence electrons. The number of pyridine rings is 2. The van der Waals surface area contributed by atoms with Crippen LogP contribution in [-0.4, -0.2) is 4.98 Å². The van der Waals surface area contributed by atoms with Gasteiger partial charge in [0.2, 0.25) is 11.4 Å². The number of fused-ring (bicyclic) bond motifs is 3. The average Bonchev–Trinajstić information content (AvgIpc) is 3.37. The molecule has 6 rings (SSSR count). The third kappa shape index (κ3) is 3.37. The number of aromatic nitrogens is 2. The van der Waals surface area contributed by atoms with Crippen LogP contribution in [0.3, 0.4) is 0 Å². The molecule has 0 saturated heterocycles. The van der Waals surface area contributed by atoms with Crippen molar-refractivity contribution in [2.24, 2.45) is 7.05 Å². The summed E-state index contributed by atoms with van der Waals surface area (Å²) in [7, 11) is 1.80. The van der Waals surface area contributed by atoms with Crippen molar-refractivity contribution in [2.75, 3.05) is 0 Å². The molecule has 3 heterocycles. The van der Waals surface area contributed by atoms with E-state index in [0.717, 1.165) is 5.56 Å². The van der Waals surface area contributed by atoms with Gasteiger partial charge in [0.15, 0.2) is 11.8 Å². The minimum absolute atomic E-state index is 0.0735. The fraction of sp³-hybridized carbons (Fsp3) is 0.0968. The highest BCUT2D eigenvalue weighted by molar-refractivity contribution is 6.09. The molecular weight excluding hydrogens is 416 g/mol. The molecule has 0 radical (unpaired) electrons. The Labute approximate surface area is 215 Å². The van der Waals surface area contributed by atoms with Crippen LogP contribution in [0, 0.1) is 13.8 Å². The lowest BCUT2D eigenvalue weighted by Crippen LogP contribution is -2.30. The molecule has 3 nitrogen and oxygen atoms in total. The SMILES string of the molecule is [2H]c1c([2H])c([2H])c(-c2c([2H])c([2H])c(-c3ccc4c(n3)oc3c(-c5cc(C([2H])([2H])[2H])cc[n+]5C)c(C)ccc34)c([2H])c2[2H])c([2H])c1[2H]. The molecule has 0 aliphatic heterocycles. The Morgan fingerprint density at radius 1 is 0.853 bits per heavy atom. The number of aryl methyl sites for hydroxylation is 3. The Morgan fingerprint density at radius 2 is 1.59 bits per heavy atom. The summed E-state index contributed by atoms with van der Waals surface area (Å²) in [5.41, 5.74) is 1.97. The maximum atomic E-state index is 8.77. The topological polar surface area (TPSA) is 29.9 Å². The predicted molar refractivity (Wildman–Crippen MR) is 138 cm³/mol. The largest absolute Gasteiger partial charge is 0.437 e. The van der Waals surface area contributed by atoms with Crippen LogP contribution in [0.2, 0.25) is 0 Å². The second kappa shape index (κ2) is 7.96. The van der Waals surface area contributed by atoms with Crippen molar-refractivity contribution in [3.8, 4) is 33.6 Å². The van der Waals surface area contributed by atoms with Gasteiger partial charge in [-0.05, 0) is 48.2 Å². The Bertz CT molecular complexity index is 2220. The van der Waals surface area contributed by atoms with E-state index in [1.54, 1.807) is 42.1 Å². The highest BCUT2D eigenvalue weighted by atomic mass is 16.3. The van der Waals surface area contributed by atoms with Gasteiger partial charge in [-0.2, -0.15) is 0 Å². The van der Waals surface area contributed by atoms with E-state index in [9.17, 15) is 0 Å². The molecule has 0 amide bonds. The Hall–Kier alpha value is -4.24. The third-order valence-electron chi connectivity index (χ3n) is 5.75. The minimum Gasteiger partial charge on any atom is -0.437 e. The summed E-state index contributed by atoms with van der Waals surface area (Å²) in [5.74, 6) is 0. The molecule has 0 saturated carbocycles. The van der Waals surface area contributed by atoms with Gasteiger partial charge < -0.3 is 4.42 Å². The first-order chi connectivity index (χ1) is 21.5. The monoisotopic (exact) mass is 453 g/mol. The molecule has 3 aromatic carbocycles. The average molecular weight is 454 g/mol. The van der Waals surface area contributed by atoms with E-state index in [-0.39, 0.29) is 22.5 Å². The molecule has 0 atom stereocenters. The van der Waals surface area contributed by atoms with Gasteiger partial charge in [0.05, 0.1) is 23.6 Å². The van der Waals surface area contributed by atoms with Crippen molar-refractivity contribution in [3.63, 3.8) is 0 Å². The van der Waals surface area contributed by atoms with Gasteiger partial charge >= 0.3 is 0 Å². The first-order valence-electron chi connectivity index (χ1n) is 16.6. The second-order valence-corrected chi connectivity index (χ2v) is 7.95. The number of nitrogens with zero attached hydrogens (tertiary/aromatic N) is 2. The van der Waals surface area contributed by atoms with Crippen LogP contribution < -0.4 is 4.57 Å². The zero-order valence-electron chi connectivity index (χ0n) is 30.3. The van der Waals surface area contributed by atoms with E-state index in [4.69, 9.17) is 20.9 Å². The van der Waals surface area contributed by atoms with Crippen LogP contribution in [0.4, 0.5) is 0 Å². The summed E-state index contributed by atoms with van der Waals surface area (Å²) in [4.78, 5) is 4.58. The van der Waals surface area contributed by atoms with E-state index in [1.165, 1.54) is 0 Å². The quantitative estimate of drug-likeness (QED) is 0.261. The standard InChI is InChI=1S/C31H25N2O/c1-20-17-18-33(3)28(19-20)29-21(2)9-14-25-26-15-16-27(32-31(26)34-30(25)29)24-12-10-23(11-13-24)22-7-5-4-6-8-22/h4-19H,1-3H3/q+1/i1D3,4D,5D,6D,7D,8D,10D,11D,12D,13D. The maximum absolute atomic E-state index is 8.77. The van der Waals surface area contributed by atoms with Gasteiger partial charge in [-0.25, -0.2) is 9.55 Å². The van der Waals surface area contributed by atoms with E-state index in [0.29, 0.717) is 27.6 Å². The van der Waals surface area contributed by atoms with Crippen molar-refractivity contribution < 1.29 is 25.4 Å². The lowest BCUT2D eigenvalue weighted by molar-refractivity contribution is -0.660. The van der Waals surface area contributed by atoms with Crippen molar-refractivity contribution in [2.45, 2.75) is 13.8 Å². The fourth-order valence-corrected chi connectivity index (χ4v) is 4.04. The minimum atomic E-state index is -2.32. The molecule has 0 aliphatic rings. The maximum Gasteiger partial charge on any atom is 0.227 e. The summed E-state index contributed by atoms with van der Waals surface area (Å²) in [6, 6.07) is 4.75. The highest BCUT2D eigenvalue weighted by Gasteiger charge is 2.21. The van der Waals surface area contributed by atoms with Gasteiger partial charge in [0.25, 0.3) is 0 Å². The summed E-state index contributed by atoms with van der Waals surface area (Å²) in [6.07, 6.45) is 1.67. The van der Waals surface area contributed by atoms with E-state index < -0.39 is 72.4 Å². The summed E-state index contributed by atoms with van der Waals surface area (Å²) >= 11 is 0. The van der Waals surface area contributed by atoms with Crippen LogP contribution in [-0.2, 0) is 7.05 Å².